The van der Waals surface area contributed by atoms with Gasteiger partial charge in [-0.25, -0.2) is 17.2 Å². The highest BCUT2D eigenvalue weighted by Crippen LogP contribution is 2.20. The molecule has 172 valence electrons. The van der Waals surface area contributed by atoms with E-state index in [-0.39, 0.29) is 29.0 Å². The average molecular weight is 486 g/mol. The van der Waals surface area contributed by atoms with Crippen LogP contribution in [0.25, 0.3) is 0 Å². The van der Waals surface area contributed by atoms with Crippen molar-refractivity contribution in [3.05, 3.63) is 54.1 Å². The number of nitrogens with one attached hydrogen (secondary N) is 2. The SMILES string of the molecule is O=C(CSCC(=O)N1CCOCC1)Nc1ccc(NS(=O)(=O)c2ccc(F)c(F)c2)cc1. The maximum atomic E-state index is 13.3. The lowest BCUT2D eigenvalue weighted by molar-refractivity contribution is -0.132. The highest BCUT2D eigenvalue weighted by molar-refractivity contribution is 8.00. The zero-order chi connectivity index (χ0) is 23.1. The first-order valence-electron chi connectivity index (χ1n) is 9.56. The van der Waals surface area contributed by atoms with Crippen LogP contribution in [0.3, 0.4) is 0 Å². The van der Waals surface area contributed by atoms with Gasteiger partial charge < -0.3 is 15.0 Å². The fraction of sp³-hybridized carbons (Fsp3) is 0.300. The topological polar surface area (TPSA) is 105 Å². The number of ether oxygens (including phenoxy) is 1. The number of sulfonamides is 1. The Balaban J connectivity index is 1.48. The number of carbonyl (C=O) groups excluding carboxylic acids is 2. The van der Waals surface area contributed by atoms with E-state index in [1.54, 1.807) is 4.90 Å². The standard InChI is InChI=1S/C20H21F2N3O5S2/c21-17-6-5-16(11-18(17)22)32(28,29)24-15-3-1-14(2-4-15)23-19(26)12-31-13-20(27)25-7-9-30-10-8-25/h1-6,11,24H,7-10,12-13H2,(H,23,26). The van der Waals surface area contributed by atoms with Gasteiger partial charge in [0.05, 0.1) is 29.6 Å². The Morgan fingerprint density at radius 3 is 2.28 bits per heavy atom. The molecule has 8 nitrogen and oxygen atoms in total. The summed E-state index contributed by atoms with van der Waals surface area (Å²) in [5.74, 6) is -2.48. The van der Waals surface area contributed by atoms with Gasteiger partial charge in [-0.2, -0.15) is 0 Å². The second kappa shape index (κ2) is 10.7. The molecule has 0 spiro atoms. The van der Waals surface area contributed by atoms with E-state index in [0.29, 0.717) is 38.1 Å². The summed E-state index contributed by atoms with van der Waals surface area (Å²) in [6.45, 7) is 2.14. The first kappa shape index (κ1) is 24.0. The fourth-order valence-electron chi connectivity index (χ4n) is 2.81. The molecule has 0 aromatic heterocycles. The van der Waals surface area contributed by atoms with Crippen molar-refractivity contribution in [2.45, 2.75) is 4.90 Å². The van der Waals surface area contributed by atoms with E-state index >= 15 is 0 Å². The molecule has 1 aliphatic heterocycles. The Kier molecular flexibility index (Phi) is 8.04. The molecule has 1 saturated heterocycles. The number of anilines is 2. The molecular weight excluding hydrogens is 464 g/mol. The van der Waals surface area contributed by atoms with Crippen LogP contribution in [0.5, 0.6) is 0 Å². The molecule has 0 saturated carbocycles. The van der Waals surface area contributed by atoms with Gasteiger partial charge in [0.2, 0.25) is 11.8 Å². The molecule has 2 amide bonds. The first-order chi connectivity index (χ1) is 15.2. The monoisotopic (exact) mass is 485 g/mol. The highest BCUT2D eigenvalue weighted by atomic mass is 32.2. The molecule has 0 bridgehead atoms. The Morgan fingerprint density at radius 1 is 0.969 bits per heavy atom. The molecule has 32 heavy (non-hydrogen) atoms. The number of carbonyl (C=O) groups is 2. The van der Waals surface area contributed by atoms with Crippen LogP contribution < -0.4 is 10.0 Å². The van der Waals surface area contributed by atoms with E-state index in [0.717, 1.165) is 12.1 Å². The third kappa shape index (κ3) is 6.65. The van der Waals surface area contributed by atoms with Gasteiger partial charge in [0.25, 0.3) is 10.0 Å². The van der Waals surface area contributed by atoms with Gasteiger partial charge in [-0.15, -0.1) is 11.8 Å². The van der Waals surface area contributed by atoms with E-state index in [9.17, 15) is 26.8 Å². The second-order valence-electron chi connectivity index (χ2n) is 6.79. The smallest absolute Gasteiger partial charge is 0.261 e. The quantitative estimate of drug-likeness (QED) is 0.595. The summed E-state index contributed by atoms with van der Waals surface area (Å²) in [4.78, 5) is 25.4. The lowest BCUT2D eigenvalue weighted by Crippen LogP contribution is -2.41. The fourth-order valence-corrected chi connectivity index (χ4v) is 4.60. The maximum absolute atomic E-state index is 13.3. The van der Waals surface area contributed by atoms with Crippen molar-refractivity contribution < 1.29 is 31.5 Å². The minimum Gasteiger partial charge on any atom is -0.378 e. The molecule has 2 aromatic carbocycles. The predicted octanol–water partition coefficient (Wildman–Crippen LogP) is 2.30. The minimum absolute atomic E-state index is 0.0382. The van der Waals surface area contributed by atoms with Crippen LogP contribution in [0, 0.1) is 11.6 Å². The zero-order valence-corrected chi connectivity index (χ0v) is 18.5. The number of amides is 2. The molecule has 1 aliphatic rings. The van der Waals surface area contributed by atoms with E-state index < -0.39 is 26.6 Å². The van der Waals surface area contributed by atoms with Crippen LogP contribution in [0.2, 0.25) is 0 Å². The molecule has 0 unspecified atom stereocenters. The third-order valence-electron chi connectivity index (χ3n) is 4.44. The normalized spacial score (nSPS) is 14.1. The van der Waals surface area contributed by atoms with Crippen LogP contribution in [-0.2, 0) is 24.3 Å². The number of rotatable bonds is 8. The van der Waals surface area contributed by atoms with Crippen molar-refractivity contribution in [1.82, 2.24) is 4.90 Å². The van der Waals surface area contributed by atoms with Crippen LogP contribution in [-0.4, -0.2) is 62.9 Å². The van der Waals surface area contributed by atoms with E-state index in [1.807, 2.05) is 0 Å². The number of hydrogen-bond acceptors (Lipinski definition) is 6. The van der Waals surface area contributed by atoms with Crippen molar-refractivity contribution in [2.24, 2.45) is 0 Å². The van der Waals surface area contributed by atoms with E-state index in [4.69, 9.17) is 4.74 Å². The Morgan fingerprint density at radius 2 is 1.62 bits per heavy atom. The number of nitrogens with zero attached hydrogens (tertiary/aromatic N) is 1. The number of thioether (sulfide) groups is 1. The van der Waals surface area contributed by atoms with Crippen molar-refractivity contribution in [2.75, 3.05) is 47.8 Å². The summed E-state index contributed by atoms with van der Waals surface area (Å²) in [6, 6.07) is 8.10. The molecule has 2 aromatic rings. The van der Waals surface area contributed by atoms with E-state index in [2.05, 4.69) is 10.0 Å². The van der Waals surface area contributed by atoms with Gasteiger partial charge in [0.1, 0.15) is 0 Å². The van der Waals surface area contributed by atoms with Crippen LogP contribution >= 0.6 is 11.8 Å². The number of morpholine rings is 1. The summed E-state index contributed by atoms with van der Waals surface area (Å²) in [6.07, 6.45) is 0. The molecule has 0 aliphatic carbocycles. The molecular formula is C20H21F2N3O5S2. The maximum Gasteiger partial charge on any atom is 0.261 e. The molecule has 1 heterocycles. The van der Waals surface area contributed by atoms with E-state index in [1.165, 1.54) is 36.0 Å². The van der Waals surface area contributed by atoms with Gasteiger partial charge in [-0.3, -0.25) is 14.3 Å². The molecule has 2 N–H and O–H groups in total. The Labute approximate surface area is 188 Å². The van der Waals surface area contributed by atoms with Crippen LogP contribution in [0.4, 0.5) is 20.2 Å². The van der Waals surface area contributed by atoms with Crippen LogP contribution in [0.15, 0.2) is 47.4 Å². The van der Waals surface area contributed by atoms with Gasteiger partial charge in [0, 0.05) is 24.5 Å². The van der Waals surface area contributed by atoms with Crippen molar-refractivity contribution in [3.8, 4) is 0 Å². The van der Waals surface area contributed by atoms with Gasteiger partial charge in [-0.05, 0) is 42.5 Å². The summed E-state index contributed by atoms with van der Waals surface area (Å²) < 4.78 is 58.4. The van der Waals surface area contributed by atoms with Crippen molar-refractivity contribution >= 4 is 45.0 Å². The van der Waals surface area contributed by atoms with Crippen molar-refractivity contribution in [1.29, 1.82) is 0 Å². The minimum atomic E-state index is -4.11. The Bertz CT molecular complexity index is 1080. The molecule has 3 rings (SSSR count). The highest BCUT2D eigenvalue weighted by Gasteiger charge is 2.18. The third-order valence-corrected chi connectivity index (χ3v) is 6.74. The zero-order valence-electron chi connectivity index (χ0n) is 16.8. The van der Waals surface area contributed by atoms with Gasteiger partial charge in [0.15, 0.2) is 11.6 Å². The molecule has 12 heteroatoms. The van der Waals surface area contributed by atoms with Gasteiger partial charge in [-0.1, -0.05) is 0 Å². The number of benzene rings is 2. The summed E-state index contributed by atoms with van der Waals surface area (Å²) in [7, 11) is -4.11. The number of halogens is 2. The molecule has 1 fully saturated rings. The van der Waals surface area contributed by atoms with Crippen molar-refractivity contribution in [3.63, 3.8) is 0 Å². The lowest BCUT2D eigenvalue weighted by Gasteiger charge is -2.26. The number of hydrogen-bond donors (Lipinski definition) is 2. The molecule has 0 atom stereocenters. The largest absolute Gasteiger partial charge is 0.378 e. The van der Waals surface area contributed by atoms with Crippen LogP contribution in [0.1, 0.15) is 0 Å². The predicted molar refractivity (Wildman–Crippen MR) is 117 cm³/mol. The lowest BCUT2D eigenvalue weighted by atomic mass is 10.3. The summed E-state index contributed by atoms with van der Waals surface area (Å²) in [5.41, 5.74) is 0.615. The Hall–Kier alpha value is -2.70. The molecule has 0 radical (unpaired) electrons. The average Bonchev–Trinajstić information content (AvgIpc) is 2.77. The second-order valence-corrected chi connectivity index (χ2v) is 9.46. The summed E-state index contributed by atoms with van der Waals surface area (Å²) in [5, 5.41) is 2.66. The summed E-state index contributed by atoms with van der Waals surface area (Å²) >= 11 is 1.20. The van der Waals surface area contributed by atoms with Gasteiger partial charge >= 0.3 is 0 Å². The first-order valence-corrected chi connectivity index (χ1v) is 12.2.